The van der Waals surface area contributed by atoms with Crippen LogP contribution in [0.5, 0.6) is 5.75 Å². The van der Waals surface area contributed by atoms with Crippen molar-refractivity contribution < 1.29 is 13.2 Å². The summed E-state index contributed by atoms with van der Waals surface area (Å²) in [6.07, 6.45) is 4.58. The molecule has 0 aliphatic carbocycles. The molecule has 0 atom stereocenters. The van der Waals surface area contributed by atoms with E-state index < -0.39 is 10.0 Å². The first-order chi connectivity index (χ1) is 14.1. The summed E-state index contributed by atoms with van der Waals surface area (Å²) in [5, 5.41) is 8.59. The van der Waals surface area contributed by atoms with Gasteiger partial charge in [-0.15, -0.1) is 10.2 Å². The Balaban J connectivity index is 1.27. The molecule has 1 fully saturated rings. The fraction of sp³-hybridized carbons (Fsp3) is 0.300. The average Bonchev–Trinajstić information content (AvgIpc) is 3.45. The predicted molar refractivity (Wildman–Crippen MR) is 108 cm³/mol. The number of rotatable bonds is 4. The van der Waals surface area contributed by atoms with Gasteiger partial charge in [0, 0.05) is 45.0 Å². The van der Waals surface area contributed by atoms with Crippen LogP contribution in [-0.2, 0) is 16.4 Å². The summed E-state index contributed by atoms with van der Waals surface area (Å²) >= 11 is 0. The van der Waals surface area contributed by atoms with Crippen LogP contribution >= 0.6 is 0 Å². The summed E-state index contributed by atoms with van der Waals surface area (Å²) in [4.78, 5) is 2.40. The lowest BCUT2D eigenvalue weighted by molar-refractivity contribution is 0.356. The number of nitrogens with zero attached hydrogens (tertiary/aromatic N) is 5. The highest BCUT2D eigenvalue weighted by atomic mass is 32.2. The molecule has 5 rings (SSSR count). The second-order valence-electron chi connectivity index (χ2n) is 7.10. The van der Waals surface area contributed by atoms with Gasteiger partial charge in [0.2, 0.25) is 10.0 Å². The van der Waals surface area contributed by atoms with Gasteiger partial charge < -0.3 is 14.2 Å². The molecule has 0 N–H and O–H groups in total. The maximum Gasteiger partial charge on any atom is 0.243 e. The van der Waals surface area contributed by atoms with Crippen LogP contribution in [0.4, 0.5) is 5.82 Å². The maximum atomic E-state index is 13.0. The highest BCUT2D eigenvalue weighted by Crippen LogP contribution is 2.29. The molecule has 0 amide bonds. The number of hydrogen-bond donors (Lipinski definition) is 0. The van der Waals surface area contributed by atoms with Crippen LogP contribution in [0.2, 0.25) is 0 Å². The fourth-order valence-corrected chi connectivity index (χ4v) is 5.22. The Morgan fingerprint density at radius 3 is 2.34 bits per heavy atom. The third kappa shape index (κ3) is 3.36. The first kappa shape index (κ1) is 18.1. The Labute approximate surface area is 169 Å². The van der Waals surface area contributed by atoms with Crippen molar-refractivity contribution in [3.05, 3.63) is 60.4 Å². The topological polar surface area (TPSA) is 80.6 Å². The van der Waals surface area contributed by atoms with Gasteiger partial charge in [-0.25, -0.2) is 8.42 Å². The lowest BCUT2D eigenvalue weighted by Gasteiger charge is -2.34. The molecule has 0 spiro atoms. The number of aromatic nitrogens is 3. The summed E-state index contributed by atoms with van der Waals surface area (Å²) in [6.45, 7) is 2.59. The van der Waals surface area contributed by atoms with Crippen LogP contribution in [-0.4, -0.2) is 60.3 Å². The van der Waals surface area contributed by atoms with Crippen molar-refractivity contribution in [2.75, 3.05) is 37.7 Å². The summed E-state index contributed by atoms with van der Waals surface area (Å²) < 4.78 is 35.0. The quantitative estimate of drug-likeness (QED) is 0.650. The zero-order valence-corrected chi connectivity index (χ0v) is 16.6. The number of benzene rings is 1. The Bertz CT molecular complexity index is 1110. The van der Waals surface area contributed by atoms with Gasteiger partial charge in [-0.2, -0.15) is 4.31 Å². The smallest absolute Gasteiger partial charge is 0.243 e. The van der Waals surface area contributed by atoms with Crippen molar-refractivity contribution in [1.29, 1.82) is 0 Å². The van der Waals surface area contributed by atoms with E-state index in [0.29, 0.717) is 37.7 Å². The first-order valence-electron chi connectivity index (χ1n) is 9.59. The van der Waals surface area contributed by atoms with Crippen LogP contribution in [0.25, 0.3) is 5.82 Å². The minimum atomic E-state index is -3.51. The van der Waals surface area contributed by atoms with Crippen molar-refractivity contribution in [2.45, 2.75) is 11.3 Å². The van der Waals surface area contributed by atoms with Gasteiger partial charge in [-0.1, -0.05) is 0 Å². The lowest BCUT2D eigenvalue weighted by atomic mass is 10.2. The molecule has 150 valence electrons. The maximum absolute atomic E-state index is 13.0. The Morgan fingerprint density at radius 2 is 1.62 bits per heavy atom. The third-order valence-corrected chi connectivity index (χ3v) is 7.26. The summed E-state index contributed by atoms with van der Waals surface area (Å²) in [5.41, 5.74) is 0.961. The van der Waals surface area contributed by atoms with Crippen molar-refractivity contribution in [3.8, 4) is 11.6 Å². The monoisotopic (exact) mass is 411 g/mol. The zero-order chi connectivity index (χ0) is 19.8. The van der Waals surface area contributed by atoms with E-state index in [4.69, 9.17) is 4.74 Å². The molecule has 1 aromatic carbocycles. The number of piperazine rings is 1. The zero-order valence-electron chi connectivity index (χ0n) is 15.8. The van der Waals surface area contributed by atoms with Crippen LogP contribution in [0.1, 0.15) is 5.56 Å². The molecule has 0 saturated carbocycles. The molecule has 4 heterocycles. The lowest BCUT2D eigenvalue weighted by Crippen LogP contribution is -2.49. The first-order valence-corrected chi connectivity index (χ1v) is 11.0. The molecule has 2 aliphatic heterocycles. The van der Waals surface area contributed by atoms with E-state index in [0.717, 1.165) is 29.4 Å². The van der Waals surface area contributed by atoms with Gasteiger partial charge in [0.15, 0.2) is 11.6 Å². The molecule has 0 unspecified atom stereocenters. The molecule has 3 aromatic rings. The summed E-state index contributed by atoms with van der Waals surface area (Å²) in [7, 11) is -3.51. The van der Waals surface area contributed by atoms with Gasteiger partial charge in [-0.05, 0) is 48.0 Å². The normalized spacial score (nSPS) is 17.2. The van der Waals surface area contributed by atoms with Crippen LogP contribution in [0, 0.1) is 0 Å². The summed E-state index contributed by atoms with van der Waals surface area (Å²) in [6, 6.07) is 12.8. The fourth-order valence-electron chi connectivity index (χ4n) is 3.74. The van der Waals surface area contributed by atoms with E-state index in [2.05, 4.69) is 15.1 Å². The van der Waals surface area contributed by atoms with Crippen LogP contribution in [0.15, 0.2) is 59.8 Å². The van der Waals surface area contributed by atoms with E-state index in [1.54, 1.807) is 22.5 Å². The van der Waals surface area contributed by atoms with E-state index in [-0.39, 0.29) is 0 Å². The van der Waals surface area contributed by atoms with Gasteiger partial charge in [0.05, 0.1) is 11.5 Å². The molecule has 1 saturated heterocycles. The number of fused-ring (bicyclic) bond motifs is 1. The van der Waals surface area contributed by atoms with Gasteiger partial charge in [0.1, 0.15) is 5.75 Å². The van der Waals surface area contributed by atoms with Crippen molar-refractivity contribution in [2.24, 2.45) is 0 Å². The highest BCUT2D eigenvalue weighted by Gasteiger charge is 2.30. The summed E-state index contributed by atoms with van der Waals surface area (Å²) in [5.74, 6) is 2.30. The molecule has 2 aliphatic rings. The second kappa shape index (κ2) is 7.16. The molecule has 9 heteroatoms. The molecule has 29 heavy (non-hydrogen) atoms. The Hall–Kier alpha value is -2.91. The second-order valence-corrected chi connectivity index (χ2v) is 9.04. The standard InChI is InChI=1S/C20H21N5O3S/c26-29(27,17-3-4-18-16(15-17)7-14-28-18)25-12-10-24(11-13-25)20-6-5-19(21-22-20)23-8-1-2-9-23/h1-6,8-9,15H,7,10-14H2. The predicted octanol–water partition coefficient (Wildman–Crippen LogP) is 1.71. The van der Waals surface area contributed by atoms with Crippen molar-refractivity contribution >= 4 is 15.8 Å². The average molecular weight is 411 g/mol. The third-order valence-electron chi connectivity index (χ3n) is 5.37. The highest BCUT2D eigenvalue weighted by molar-refractivity contribution is 7.89. The molecule has 0 radical (unpaired) electrons. The largest absolute Gasteiger partial charge is 0.493 e. The number of sulfonamides is 1. The molecular weight excluding hydrogens is 390 g/mol. The van der Waals surface area contributed by atoms with Crippen molar-refractivity contribution in [3.63, 3.8) is 0 Å². The molecule has 8 nitrogen and oxygen atoms in total. The minimum absolute atomic E-state index is 0.339. The molecule has 0 bridgehead atoms. The molecular formula is C20H21N5O3S. The Kier molecular flexibility index (Phi) is 4.48. The minimum Gasteiger partial charge on any atom is -0.493 e. The van der Waals surface area contributed by atoms with Crippen LogP contribution < -0.4 is 9.64 Å². The number of anilines is 1. The van der Waals surface area contributed by atoms with E-state index in [9.17, 15) is 8.42 Å². The van der Waals surface area contributed by atoms with Crippen LogP contribution in [0.3, 0.4) is 0 Å². The van der Waals surface area contributed by atoms with E-state index in [1.807, 2.05) is 41.2 Å². The Morgan fingerprint density at radius 1 is 0.897 bits per heavy atom. The van der Waals surface area contributed by atoms with Gasteiger partial charge in [0.25, 0.3) is 0 Å². The van der Waals surface area contributed by atoms with Crippen molar-refractivity contribution in [1.82, 2.24) is 19.1 Å². The van der Waals surface area contributed by atoms with Gasteiger partial charge >= 0.3 is 0 Å². The van der Waals surface area contributed by atoms with E-state index in [1.165, 1.54) is 0 Å². The SMILES string of the molecule is O=S(=O)(c1ccc2c(c1)CCO2)N1CCN(c2ccc(-n3cccc3)nn2)CC1. The number of ether oxygens (including phenoxy) is 1. The van der Waals surface area contributed by atoms with E-state index >= 15 is 0 Å². The van der Waals surface area contributed by atoms with Gasteiger partial charge in [-0.3, -0.25) is 0 Å². The number of hydrogen-bond acceptors (Lipinski definition) is 6. The molecule has 2 aromatic heterocycles.